The van der Waals surface area contributed by atoms with Crippen molar-refractivity contribution in [3.63, 3.8) is 0 Å². The molecule has 0 radical (unpaired) electrons. The molecule has 7 aromatic rings. The van der Waals surface area contributed by atoms with Crippen molar-refractivity contribution >= 4 is 0 Å². The highest BCUT2D eigenvalue weighted by atomic mass is 16.5. The number of hydrogen-bond donors (Lipinski definition) is 0. The Bertz CT molecular complexity index is 2240. The maximum absolute atomic E-state index is 6.65. The number of rotatable bonds is 6. The number of hydrogen-bond acceptors (Lipinski definition) is 6. The van der Waals surface area contributed by atoms with E-state index in [4.69, 9.17) is 18.9 Å². The standard InChI is InChI=1S/C56H56N2O4/c1-5-20-45(21-6-1)37-57-39-51-30-13-15-32-55(51)61-41-47-24-19-25-48(36-47)42-62-56-33-16-14-31-52(56)40-58(38-46-22-7-2-8-23-46)54(50-28-11-4-12-29-50)44-60-35-18-17-34-59-43-53(57)49-26-9-3-10-27-49/h1-33,36,53-54H,34-35,37-44H2/b18-17+/t53-,54-/m0/s1. The van der Waals surface area contributed by atoms with Crippen LogP contribution >= 0.6 is 0 Å². The quantitative estimate of drug-likeness (QED) is 0.156. The first-order chi connectivity index (χ1) is 30.7. The Balaban J connectivity index is 1.11. The minimum Gasteiger partial charge on any atom is -0.489 e. The third-order valence-electron chi connectivity index (χ3n) is 11.3. The van der Waals surface area contributed by atoms with Crippen LogP contribution in [0.2, 0.25) is 0 Å². The molecule has 6 nitrogen and oxygen atoms in total. The van der Waals surface area contributed by atoms with Gasteiger partial charge >= 0.3 is 0 Å². The molecule has 0 saturated carbocycles. The molecule has 0 aromatic heterocycles. The normalized spacial score (nSPS) is 18.1. The van der Waals surface area contributed by atoms with Crippen LogP contribution in [0.3, 0.4) is 0 Å². The summed E-state index contributed by atoms with van der Waals surface area (Å²) in [6.45, 7) is 5.71. The van der Waals surface area contributed by atoms with Crippen LogP contribution in [-0.4, -0.2) is 36.2 Å². The lowest BCUT2D eigenvalue weighted by molar-refractivity contribution is 0.0593. The second-order valence-electron chi connectivity index (χ2n) is 15.8. The Labute approximate surface area is 367 Å². The summed E-state index contributed by atoms with van der Waals surface area (Å²) in [5, 5.41) is 0. The van der Waals surface area contributed by atoms with Crippen molar-refractivity contribution in [2.75, 3.05) is 26.4 Å². The zero-order valence-corrected chi connectivity index (χ0v) is 35.4. The topological polar surface area (TPSA) is 43.4 Å². The van der Waals surface area contributed by atoms with Gasteiger partial charge in [0.25, 0.3) is 0 Å². The molecule has 2 atom stereocenters. The van der Waals surface area contributed by atoms with Gasteiger partial charge in [0.2, 0.25) is 0 Å². The lowest BCUT2D eigenvalue weighted by atomic mass is 10.0. The van der Waals surface area contributed by atoms with E-state index >= 15 is 0 Å². The van der Waals surface area contributed by atoms with Gasteiger partial charge in [0, 0.05) is 37.3 Å². The van der Waals surface area contributed by atoms with E-state index in [9.17, 15) is 0 Å². The minimum atomic E-state index is -0.00776. The van der Waals surface area contributed by atoms with Crippen LogP contribution in [0.4, 0.5) is 0 Å². The maximum atomic E-state index is 6.65. The van der Waals surface area contributed by atoms with E-state index in [1.165, 1.54) is 22.3 Å². The van der Waals surface area contributed by atoms with Crippen molar-refractivity contribution in [2.45, 2.75) is 51.5 Å². The first kappa shape index (κ1) is 42.4. The zero-order valence-electron chi connectivity index (χ0n) is 35.4. The predicted octanol–water partition coefficient (Wildman–Crippen LogP) is 11.9. The molecule has 1 aliphatic rings. The molecule has 0 fully saturated rings. The van der Waals surface area contributed by atoms with Gasteiger partial charge in [0.05, 0.1) is 38.5 Å². The van der Waals surface area contributed by atoms with Crippen LogP contribution in [0, 0.1) is 0 Å². The monoisotopic (exact) mass is 820 g/mol. The summed E-state index contributed by atoms with van der Waals surface area (Å²) in [6, 6.07) is 68.1. The summed E-state index contributed by atoms with van der Waals surface area (Å²) in [5.41, 5.74) is 9.32. The van der Waals surface area contributed by atoms with Crippen LogP contribution in [0.25, 0.3) is 0 Å². The van der Waals surface area contributed by atoms with Gasteiger partial charge in [-0.05, 0) is 51.6 Å². The lowest BCUT2D eigenvalue weighted by Crippen LogP contribution is -2.31. The number of nitrogens with zero attached hydrogens (tertiary/aromatic N) is 2. The Morgan fingerprint density at radius 2 is 0.790 bits per heavy atom. The number of fused-ring (bicyclic) bond motifs is 4. The smallest absolute Gasteiger partial charge is 0.124 e. The maximum Gasteiger partial charge on any atom is 0.124 e. The highest BCUT2D eigenvalue weighted by molar-refractivity contribution is 5.36. The van der Waals surface area contributed by atoms with Crippen molar-refractivity contribution in [1.29, 1.82) is 0 Å². The first-order valence-electron chi connectivity index (χ1n) is 21.7. The highest BCUT2D eigenvalue weighted by Crippen LogP contribution is 2.31. The molecular weight excluding hydrogens is 765 g/mol. The van der Waals surface area contributed by atoms with Gasteiger partial charge in [-0.25, -0.2) is 0 Å². The van der Waals surface area contributed by atoms with E-state index in [0.29, 0.717) is 52.7 Å². The molecule has 0 unspecified atom stereocenters. The second-order valence-corrected chi connectivity index (χ2v) is 15.8. The Morgan fingerprint density at radius 1 is 0.403 bits per heavy atom. The molecule has 6 heteroatoms. The molecule has 0 N–H and O–H groups in total. The molecule has 7 aromatic carbocycles. The summed E-state index contributed by atoms with van der Waals surface area (Å²) in [4.78, 5) is 5.00. The molecule has 1 heterocycles. The van der Waals surface area contributed by atoms with Gasteiger partial charge in [0.15, 0.2) is 0 Å². The fourth-order valence-electron chi connectivity index (χ4n) is 8.11. The molecule has 1 aliphatic heterocycles. The first-order valence-corrected chi connectivity index (χ1v) is 21.7. The summed E-state index contributed by atoms with van der Waals surface area (Å²) in [5.74, 6) is 1.74. The van der Waals surface area contributed by atoms with Crippen LogP contribution in [-0.2, 0) is 48.9 Å². The SMILES string of the molecule is C1=C/COC[C@@H](c2ccccc2)N(Cc2ccccc2)Cc2ccccc2OCc2cccc(c2)COc2ccccc2CN(Cc2ccccc2)[C@H](c2ccccc2)COC/1. The van der Waals surface area contributed by atoms with Gasteiger partial charge in [-0.3, -0.25) is 9.80 Å². The molecular formula is C56H56N2O4. The summed E-state index contributed by atoms with van der Waals surface area (Å²) in [7, 11) is 0. The van der Waals surface area contributed by atoms with Crippen LogP contribution in [0.15, 0.2) is 206 Å². The Hall–Kier alpha value is -6.28. The van der Waals surface area contributed by atoms with Crippen LogP contribution in [0.5, 0.6) is 11.5 Å². The van der Waals surface area contributed by atoms with E-state index < -0.39 is 0 Å². The predicted molar refractivity (Wildman–Crippen MR) is 249 cm³/mol. The van der Waals surface area contributed by atoms with Crippen LogP contribution in [0.1, 0.15) is 56.6 Å². The van der Waals surface area contributed by atoms with E-state index in [0.717, 1.165) is 46.8 Å². The summed E-state index contributed by atoms with van der Waals surface area (Å²) < 4.78 is 26.3. The van der Waals surface area contributed by atoms with E-state index in [2.05, 4.69) is 216 Å². The van der Waals surface area contributed by atoms with Gasteiger partial charge in [-0.15, -0.1) is 0 Å². The third-order valence-corrected chi connectivity index (χ3v) is 11.3. The molecule has 62 heavy (non-hydrogen) atoms. The van der Waals surface area contributed by atoms with Gasteiger partial charge in [0.1, 0.15) is 24.7 Å². The summed E-state index contributed by atoms with van der Waals surface area (Å²) >= 11 is 0. The lowest BCUT2D eigenvalue weighted by Gasteiger charge is -2.33. The Morgan fingerprint density at radius 3 is 1.23 bits per heavy atom. The van der Waals surface area contributed by atoms with Gasteiger partial charge in [-0.1, -0.05) is 188 Å². The van der Waals surface area contributed by atoms with Crippen molar-refractivity contribution in [2.24, 2.45) is 0 Å². The number of benzene rings is 7. The zero-order chi connectivity index (χ0) is 42.0. The molecule has 2 bridgehead atoms. The highest BCUT2D eigenvalue weighted by Gasteiger charge is 2.25. The third kappa shape index (κ3) is 12.2. The molecule has 0 amide bonds. The number of ether oxygens (including phenoxy) is 4. The Kier molecular flexibility index (Phi) is 15.4. The molecule has 0 saturated heterocycles. The largest absolute Gasteiger partial charge is 0.489 e. The minimum absolute atomic E-state index is 0.00776. The molecule has 0 spiro atoms. The van der Waals surface area contributed by atoms with E-state index in [-0.39, 0.29) is 12.1 Å². The average molecular weight is 821 g/mol. The van der Waals surface area contributed by atoms with Crippen molar-refractivity contribution in [3.05, 3.63) is 251 Å². The average Bonchev–Trinajstić information content (AvgIpc) is 3.32. The van der Waals surface area contributed by atoms with Gasteiger partial charge in [-0.2, -0.15) is 0 Å². The number of para-hydroxylation sites is 2. The van der Waals surface area contributed by atoms with Crippen LogP contribution < -0.4 is 9.47 Å². The van der Waals surface area contributed by atoms with E-state index in [1.807, 2.05) is 0 Å². The fourth-order valence-corrected chi connectivity index (χ4v) is 8.11. The molecule has 314 valence electrons. The summed E-state index contributed by atoms with van der Waals surface area (Å²) in [6.07, 6.45) is 4.16. The van der Waals surface area contributed by atoms with Gasteiger partial charge < -0.3 is 18.9 Å². The van der Waals surface area contributed by atoms with E-state index in [1.54, 1.807) is 0 Å². The second kappa shape index (κ2) is 22.5. The fraction of sp³-hybridized carbons (Fsp3) is 0.214. The van der Waals surface area contributed by atoms with Crippen molar-refractivity contribution in [1.82, 2.24) is 9.80 Å². The van der Waals surface area contributed by atoms with Crippen molar-refractivity contribution in [3.8, 4) is 11.5 Å². The molecule has 0 aliphatic carbocycles. The molecule has 8 rings (SSSR count). The van der Waals surface area contributed by atoms with Crippen molar-refractivity contribution < 1.29 is 18.9 Å².